The largest absolute Gasteiger partial charge is 0.493 e. The monoisotopic (exact) mass is 420 g/mol. The number of carbonyl (C=O) groups excluding carboxylic acids is 1. The van der Waals surface area contributed by atoms with Gasteiger partial charge in [0.1, 0.15) is 5.82 Å². The number of halogens is 1. The summed E-state index contributed by atoms with van der Waals surface area (Å²) in [7, 11) is 4.64. The molecule has 0 saturated heterocycles. The SMILES string of the molecule is CCN(C(=O)/C=C/c1cc(OC)c(OC)c(OC)c1)c1ccc(Br)cn1. The zero-order valence-corrected chi connectivity index (χ0v) is 16.7. The Balaban J connectivity index is 2.27. The van der Waals surface area contributed by atoms with Gasteiger partial charge in [-0.25, -0.2) is 4.98 Å². The van der Waals surface area contributed by atoms with Crippen LogP contribution in [0.4, 0.5) is 5.82 Å². The Morgan fingerprint density at radius 2 is 1.81 bits per heavy atom. The van der Waals surface area contributed by atoms with Crippen molar-refractivity contribution >= 4 is 33.7 Å². The Morgan fingerprint density at radius 1 is 1.15 bits per heavy atom. The molecular formula is C19H21BrN2O4. The van der Waals surface area contributed by atoms with E-state index in [4.69, 9.17) is 14.2 Å². The third-order valence-corrected chi connectivity index (χ3v) is 4.15. The zero-order chi connectivity index (χ0) is 19.1. The van der Waals surface area contributed by atoms with Gasteiger partial charge in [0.15, 0.2) is 11.5 Å². The van der Waals surface area contributed by atoms with E-state index in [2.05, 4.69) is 20.9 Å². The fourth-order valence-electron chi connectivity index (χ4n) is 2.41. The van der Waals surface area contributed by atoms with E-state index in [1.807, 2.05) is 13.0 Å². The molecule has 2 aromatic rings. The van der Waals surface area contributed by atoms with Gasteiger partial charge < -0.3 is 14.2 Å². The predicted molar refractivity (Wildman–Crippen MR) is 105 cm³/mol. The number of benzene rings is 1. The first kappa shape index (κ1) is 19.8. The normalized spacial score (nSPS) is 10.7. The van der Waals surface area contributed by atoms with Crippen LogP contribution in [-0.2, 0) is 4.79 Å². The van der Waals surface area contributed by atoms with E-state index in [9.17, 15) is 4.79 Å². The molecule has 2 rings (SSSR count). The first-order valence-corrected chi connectivity index (χ1v) is 8.74. The van der Waals surface area contributed by atoms with Gasteiger partial charge in [0.25, 0.3) is 5.91 Å². The molecule has 1 amide bonds. The maximum Gasteiger partial charge on any atom is 0.252 e. The van der Waals surface area contributed by atoms with Crippen LogP contribution in [0.3, 0.4) is 0 Å². The number of amides is 1. The third kappa shape index (κ3) is 4.54. The van der Waals surface area contributed by atoms with E-state index in [-0.39, 0.29) is 5.91 Å². The van der Waals surface area contributed by atoms with Crippen LogP contribution in [0.25, 0.3) is 6.08 Å². The fourth-order valence-corrected chi connectivity index (χ4v) is 2.65. The second-order valence-electron chi connectivity index (χ2n) is 5.21. The Labute approximate surface area is 161 Å². The van der Waals surface area contributed by atoms with Crippen molar-refractivity contribution in [3.63, 3.8) is 0 Å². The van der Waals surface area contributed by atoms with Crippen LogP contribution in [0, 0.1) is 0 Å². The Hall–Kier alpha value is -2.54. The van der Waals surface area contributed by atoms with E-state index in [0.717, 1.165) is 10.0 Å². The Kier molecular flexibility index (Phi) is 7.03. The fraction of sp³-hybridized carbons (Fsp3) is 0.263. The molecule has 0 aliphatic heterocycles. The van der Waals surface area contributed by atoms with Crippen LogP contribution in [-0.4, -0.2) is 38.8 Å². The van der Waals surface area contributed by atoms with Crippen LogP contribution in [0.5, 0.6) is 17.2 Å². The second kappa shape index (κ2) is 9.24. The lowest BCUT2D eigenvalue weighted by Gasteiger charge is -2.18. The van der Waals surface area contributed by atoms with Crippen molar-refractivity contribution in [1.29, 1.82) is 0 Å². The summed E-state index contributed by atoms with van der Waals surface area (Å²) in [6, 6.07) is 7.19. The average Bonchev–Trinajstić information content (AvgIpc) is 2.67. The molecule has 6 nitrogen and oxygen atoms in total. The molecule has 0 radical (unpaired) electrons. The van der Waals surface area contributed by atoms with Crippen molar-refractivity contribution in [3.05, 3.63) is 46.6 Å². The first-order chi connectivity index (χ1) is 12.5. The quantitative estimate of drug-likeness (QED) is 0.634. The van der Waals surface area contributed by atoms with Crippen molar-refractivity contribution in [2.45, 2.75) is 6.92 Å². The summed E-state index contributed by atoms with van der Waals surface area (Å²) in [6.07, 6.45) is 4.86. The summed E-state index contributed by atoms with van der Waals surface area (Å²) in [5, 5.41) is 0. The number of carbonyl (C=O) groups is 1. The molecule has 0 saturated carbocycles. The van der Waals surface area contributed by atoms with Gasteiger partial charge in [-0.2, -0.15) is 0 Å². The zero-order valence-electron chi connectivity index (χ0n) is 15.2. The number of aromatic nitrogens is 1. The number of rotatable bonds is 7. The molecule has 0 spiro atoms. The highest BCUT2D eigenvalue weighted by Gasteiger charge is 2.14. The van der Waals surface area contributed by atoms with Crippen molar-refractivity contribution in [1.82, 2.24) is 4.98 Å². The smallest absolute Gasteiger partial charge is 0.252 e. The lowest BCUT2D eigenvalue weighted by molar-refractivity contribution is -0.114. The third-order valence-electron chi connectivity index (χ3n) is 3.68. The lowest BCUT2D eigenvalue weighted by Crippen LogP contribution is -2.29. The molecule has 0 N–H and O–H groups in total. The van der Waals surface area contributed by atoms with Crippen molar-refractivity contribution < 1.29 is 19.0 Å². The van der Waals surface area contributed by atoms with E-state index < -0.39 is 0 Å². The minimum absolute atomic E-state index is 0.170. The average molecular weight is 421 g/mol. The summed E-state index contributed by atoms with van der Waals surface area (Å²) < 4.78 is 16.8. The number of pyridine rings is 1. The summed E-state index contributed by atoms with van der Waals surface area (Å²) in [5.41, 5.74) is 0.757. The van der Waals surface area contributed by atoms with Gasteiger partial charge in [0, 0.05) is 23.3 Å². The minimum atomic E-state index is -0.170. The molecule has 0 aliphatic rings. The molecule has 0 unspecified atom stereocenters. The molecule has 1 aromatic carbocycles. The van der Waals surface area contributed by atoms with E-state index >= 15 is 0 Å². The number of hydrogen-bond donors (Lipinski definition) is 0. The molecule has 138 valence electrons. The summed E-state index contributed by atoms with van der Waals surface area (Å²) in [5.74, 6) is 1.99. The minimum Gasteiger partial charge on any atom is -0.493 e. The predicted octanol–water partition coefficient (Wildman–Crippen LogP) is 3.94. The Bertz CT molecular complexity index is 766. The molecule has 1 aromatic heterocycles. The van der Waals surface area contributed by atoms with Crippen LogP contribution in [0.2, 0.25) is 0 Å². The van der Waals surface area contributed by atoms with Crippen LogP contribution in [0.1, 0.15) is 12.5 Å². The van der Waals surface area contributed by atoms with Crippen LogP contribution >= 0.6 is 15.9 Å². The van der Waals surface area contributed by atoms with Crippen molar-refractivity contribution in [2.75, 3.05) is 32.8 Å². The van der Waals surface area contributed by atoms with Gasteiger partial charge in [-0.15, -0.1) is 0 Å². The molecule has 7 heteroatoms. The van der Waals surface area contributed by atoms with Gasteiger partial charge in [-0.1, -0.05) is 0 Å². The standard InChI is InChI=1S/C19H21BrN2O4/c1-5-22(17-8-7-14(20)12-21-17)18(23)9-6-13-10-15(24-2)19(26-4)16(11-13)25-3/h6-12H,5H2,1-4H3/b9-6+. The molecular weight excluding hydrogens is 400 g/mol. The van der Waals surface area contributed by atoms with Crippen molar-refractivity contribution in [3.8, 4) is 17.2 Å². The molecule has 0 atom stereocenters. The maximum atomic E-state index is 12.6. The van der Waals surface area contributed by atoms with E-state index in [1.165, 1.54) is 6.08 Å². The summed E-state index contributed by atoms with van der Waals surface area (Å²) in [4.78, 5) is 18.4. The lowest BCUT2D eigenvalue weighted by atomic mass is 10.1. The summed E-state index contributed by atoms with van der Waals surface area (Å²) >= 11 is 3.34. The van der Waals surface area contributed by atoms with Crippen LogP contribution < -0.4 is 19.1 Å². The van der Waals surface area contributed by atoms with Gasteiger partial charge in [0.2, 0.25) is 5.75 Å². The first-order valence-electron chi connectivity index (χ1n) is 7.95. The second-order valence-corrected chi connectivity index (χ2v) is 6.12. The number of ether oxygens (including phenoxy) is 3. The molecule has 0 bridgehead atoms. The molecule has 26 heavy (non-hydrogen) atoms. The van der Waals surface area contributed by atoms with Gasteiger partial charge in [-0.3, -0.25) is 9.69 Å². The number of methoxy groups -OCH3 is 3. The van der Waals surface area contributed by atoms with E-state index in [0.29, 0.717) is 29.6 Å². The number of anilines is 1. The van der Waals surface area contributed by atoms with Crippen LogP contribution in [0.15, 0.2) is 41.0 Å². The highest BCUT2D eigenvalue weighted by Crippen LogP contribution is 2.38. The Morgan fingerprint density at radius 3 is 2.27 bits per heavy atom. The maximum absolute atomic E-state index is 12.6. The van der Waals surface area contributed by atoms with Gasteiger partial charge >= 0.3 is 0 Å². The summed E-state index contributed by atoms with van der Waals surface area (Å²) in [6.45, 7) is 2.40. The highest BCUT2D eigenvalue weighted by molar-refractivity contribution is 9.10. The van der Waals surface area contributed by atoms with E-state index in [1.54, 1.807) is 56.7 Å². The molecule has 1 heterocycles. The van der Waals surface area contributed by atoms with Gasteiger partial charge in [-0.05, 0) is 58.8 Å². The molecule has 0 aliphatic carbocycles. The number of likely N-dealkylation sites (N-methyl/N-ethyl adjacent to an activating group) is 1. The topological polar surface area (TPSA) is 60.9 Å². The number of hydrogen-bond acceptors (Lipinski definition) is 5. The van der Waals surface area contributed by atoms with Crippen molar-refractivity contribution in [2.24, 2.45) is 0 Å². The van der Waals surface area contributed by atoms with Gasteiger partial charge in [0.05, 0.1) is 21.3 Å². The number of nitrogens with zero attached hydrogens (tertiary/aromatic N) is 2. The molecule has 0 fully saturated rings. The highest BCUT2D eigenvalue weighted by atomic mass is 79.9.